The van der Waals surface area contributed by atoms with E-state index in [2.05, 4.69) is 6.07 Å². The number of rotatable bonds is 3. The number of nitrogens with zero attached hydrogens (tertiary/aromatic N) is 3. The standard InChI is InChI=1S/C18H15N3O2/c1-20-15-4-2-3-5-16(15)21(17(20)10-18(22)23)12-14-8-6-13(11-19)7-9-14/h2-10H,12H2,1H3,(H,22,23). The molecule has 0 unspecified atom stereocenters. The number of hydrogen-bond donors (Lipinski definition) is 1. The lowest BCUT2D eigenvalue weighted by molar-refractivity contribution is -0.131. The molecule has 2 aromatic carbocycles. The average Bonchev–Trinajstić information content (AvgIpc) is 2.81. The molecule has 0 aromatic heterocycles. The predicted molar refractivity (Wildman–Crippen MR) is 87.9 cm³/mol. The topological polar surface area (TPSA) is 67.6 Å². The molecule has 23 heavy (non-hydrogen) atoms. The molecule has 0 aliphatic carbocycles. The van der Waals surface area contributed by atoms with Crippen molar-refractivity contribution >= 4 is 17.3 Å². The number of carboxylic acid groups (broad SMARTS) is 1. The molecular formula is C18H15N3O2. The fourth-order valence-corrected chi connectivity index (χ4v) is 2.72. The van der Waals surface area contributed by atoms with Crippen molar-refractivity contribution in [3.8, 4) is 6.07 Å². The summed E-state index contributed by atoms with van der Waals surface area (Å²) in [6.45, 7) is 0.534. The Bertz CT molecular complexity index is 819. The zero-order chi connectivity index (χ0) is 16.4. The van der Waals surface area contributed by atoms with Crippen LogP contribution in [0.5, 0.6) is 0 Å². The van der Waals surface area contributed by atoms with Gasteiger partial charge in [0.2, 0.25) is 0 Å². The molecule has 0 radical (unpaired) electrons. The third-order valence-electron chi connectivity index (χ3n) is 3.83. The summed E-state index contributed by atoms with van der Waals surface area (Å²) in [7, 11) is 1.85. The number of fused-ring (bicyclic) bond motifs is 1. The summed E-state index contributed by atoms with van der Waals surface area (Å²) in [5.74, 6) is -0.368. The van der Waals surface area contributed by atoms with E-state index in [-0.39, 0.29) is 0 Å². The highest BCUT2D eigenvalue weighted by molar-refractivity contribution is 5.88. The Balaban J connectivity index is 1.99. The van der Waals surface area contributed by atoms with E-state index in [1.165, 1.54) is 6.08 Å². The van der Waals surface area contributed by atoms with E-state index in [0.29, 0.717) is 17.9 Å². The van der Waals surface area contributed by atoms with Gasteiger partial charge in [0.1, 0.15) is 5.82 Å². The van der Waals surface area contributed by atoms with Gasteiger partial charge < -0.3 is 14.9 Å². The van der Waals surface area contributed by atoms with Gasteiger partial charge in [0.05, 0.1) is 29.1 Å². The second-order valence-corrected chi connectivity index (χ2v) is 5.28. The van der Waals surface area contributed by atoms with Gasteiger partial charge >= 0.3 is 5.97 Å². The van der Waals surface area contributed by atoms with Crippen molar-refractivity contribution in [1.82, 2.24) is 0 Å². The van der Waals surface area contributed by atoms with Crippen molar-refractivity contribution in [1.29, 1.82) is 5.26 Å². The number of anilines is 2. The lowest BCUT2D eigenvalue weighted by Crippen LogP contribution is -2.26. The molecule has 0 amide bonds. The molecule has 5 heteroatoms. The molecular weight excluding hydrogens is 290 g/mol. The minimum atomic E-state index is -0.982. The van der Waals surface area contributed by atoms with Crippen molar-refractivity contribution in [3.63, 3.8) is 0 Å². The Morgan fingerprint density at radius 3 is 2.43 bits per heavy atom. The summed E-state index contributed by atoms with van der Waals surface area (Å²) in [6, 6.07) is 17.2. The second-order valence-electron chi connectivity index (χ2n) is 5.28. The normalized spacial score (nSPS) is 14.7. The summed E-state index contributed by atoms with van der Waals surface area (Å²) < 4.78 is 0. The van der Waals surface area contributed by atoms with Crippen LogP contribution in [0.25, 0.3) is 0 Å². The maximum atomic E-state index is 11.2. The quantitative estimate of drug-likeness (QED) is 0.883. The minimum absolute atomic E-state index is 0.534. The number of carbonyl (C=O) groups is 1. The van der Waals surface area contributed by atoms with Gasteiger partial charge in [-0.3, -0.25) is 0 Å². The summed E-state index contributed by atoms with van der Waals surface area (Å²) >= 11 is 0. The summed E-state index contributed by atoms with van der Waals surface area (Å²) in [5.41, 5.74) is 3.54. The van der Waals surface area contributed by atoms with E-state index < -0.39 is 5.97 Å². The van der Waals surface area contributed by atoms with E-state index in [9.17, 15) is 4.79 Å². The number of benzene rings is 2. The molecule has 114 valence electrons. The molecule has 1 N–H and O–H groups in total. The summed E-state index contributed by atoms with van der Waals surface area (Å²) in [4.78, 5) is 15.0. The van der Waals surface area contributed by atoms with Crippen molar-refractivity contribution in [3.05, 3.63) is 71.6 Å². The van der Waals surface area contributed by atoms with Gasteiger partial charge in [-0.1, -0.05) is 24.3 Å². The van der Waals surface area contributed by atoms with Gasteiger partial charge in [-0.25, -0.2) is 4.79 Å². The molecule has 3 rings (SSSR count). The molecule has 0 spiro atoms. The third-order valence-corrected chi connectivity index (χ3v) is 3.83. The Kier molecular flexibility index (Phi) is 3.73. The van der Waals surface area contributed by atoms with Crippen LogP contribution < -0.4 is 9.80 Å². The van der Waals surface area contributed by atoms with Crippen molar-refractivity contribution < 1.29 is 9.90 Å². The fourth-order valence-electron chi connectivity index (χ4n) is 2.72. The molecule has 1 aliphatic rings. The lowest BCUT2D eigenvalue weighted by Gasteiger charge is -2.22. The van der Waals surface area contributed by atoms with Crippen LogP contribution in [0, 0.1) is 11.3 Å². The number of aliphatic carboxylic acids is 1. The maximum absolute atomic E-state index is 11.2. The number of carboxylic acids is 1. The molecule has 5 nitrogen and oxygen atoms in total. The van der Waals surface area contributed by atoms with E-state index in [0.717, 1.165) is 16.9 Å². The Hall–Kier alpha value is -3.26. The number of nitriles is 1. The second kappa shape index (κ2) is 5.85. The zero-order valence-electron chi connectivity index (χ0n) is 12.6. The van der Waals surface area contributed by atoms with Crippen LogP contribution in [0.2, 0.25) is 0 Å². The van der Waals surface area contributed by atoms with Crippen molar-refractivity contribution in [2.24, 2.45) is 0 Å². The Labute approximate surface area is 134 Å². The highest BCUT2D eigenvalue weighted by Gasteiger charge is 2.29. The maximum Gasteiger partial charge on any atom is 0.331 e. The summed E-state index contributed by atoms with van der Waals surface area (Å²) in [6.07, 6.45) is 1.21. The molecule has 0 atom stereocenters. The van der Waals surface area contributed by atoms with E-state index >= 15 is 0 Å². The van der Waals surface area contributed by atoms with E-state index in [4.69, 9.17) is 10.4 Å². The average molecular weight is 305 g/mol. The van der Waals surface area contributed by atoms with Crippen LogP contribution in [-0.4, -0.2) is 18.1 Å². The Morgan fingerprint density at radius 2 is 1.83 bits per heavy atom. The van der Waals surface area contributed by atoms with Gasteiger partial charge in [-0.15, -0.1) is 0 Å². The van der Waals surface area contributed by atoms with Crippen molar-refractivity contribution in [2.75, 3.05) is 16.8 Å². The number of para-hydroxylation sites is 2. The Morgan fingerprint density at radius 1 is 1.17 bits per heavy atom. The summed E-state index contributed by atoms with van der Waals surface area (Å²) in [5, 5.41) is 18.0. The van der Waals surface area contributed by atoms with Gasteiger partial charge in [0.15, 0.2) is 0 Å². The zero-order valence-corrected chi connectivity index (χ0v) is 12.6. The molecule has 1 heterocycles. The van der Waals surface area contributed by atoms with Crippen LogP contribution in [0.1, 0.15) is 11.1 Å². The molecule has 0 fully saturated rings. The third kappa shape index (κ3) is 2.74. The highest BCUT2D eigenvalue weighted by Crippen LogP contribution is 2.41. The largest absolute Gasteiger partial charge is 0.478 e. The first-order chi connectivity index (χ1) is 11.1. The first-order valence-corrected chi connectivity index (χ1v) is 7.14. The smallest absolute Gasteiger partial charge is 0.331 e. The highest BCUT2D eigenvalue weighted by atomic mass is 16.4. The monoisotopic (exact) mass is 305 g/mol. The van der Waals surface area contributed by atoms with Crippen LogP contribution >= 0.6 is 0 Å². The first-order valence-electron chi connectivity index (χ1n) is 7.14. The van der Waals surface area contributed by atoms with Gasteiger partial charge in [0, 0.05) is 13.6 Å². The lowest BCUT2D eigenvalue weighted by atomic mass is 10.1. The SMILES string of the molecule is CN1C(=CC(=O)O)N(Cc2ccc(C#N)cc2)c2ccccc21. The fraction of sp³-hybridized carbons (Fsp3) is 0.111. The van der Waals surface area contributed by atoms with E-state index in [1.54, 1.807) is 12.1 Å². The minimum Gasteiger partial charge on any atom is -0.478 e. The molecule has 0 bridgehead atoms. The number of hydrogen-bond acceptors (Lipinski definition) is 4. The van der Waals surface area contributed by atoms with Crippen LogP contribution in [-0.2, 0) is 11.3 Å². The van der Waals surface area contributed by atoms with Crippen LogP contribution in [0.15, 0.2) is 60.4 Å². The molecule has 1 aliphatic heterocycles. The van der Waals surface area contributed by atoms with Crippen molar-refractivity contribution in [2.45, 2.75) is 6.54 Å². The van der Waals surface area contributed by atoms with Gasteiger partial charge in [-0.05, 0) is 29.8 Å². The van der Waals surface area contributed by atoms with Gasteiger partial charge in [0.25, 0.3) is 0 Å². The molecule has 0 saturated heterocycles. The van der Waals surface area contributed by atoms with Gasteiger partial charge in [-0.2, -0.15) is 5.26 Å². The molecule has 0 saturated carbocycles. The molecule has 2 aromatic rings. The van der Waals surface area contributed by atoms with Crippen LogP contribution in [0.4, 0.5) is 11.4 Å². The van der Waals surface area contributed by atoms with E-state index in [1.807, 2.05) is 53.2 Å². The predicted octanol–water partition coefficient (Wildman–Crippen LogP) is 2.94. The van der Waals surface area contributed by atoms with Crippen LogP contribution in [0.3, 0.4) is 0 Å². The first kappa shape index (κ1) is 14.7.